The first-order valence-corrected chi connectivity index (χ1v) is 14.1. The summed E-state index contributed by atoms with van der Waals surface area (Å²) < 4.78 is 24.3. The lowest BCUT2D eigenvalue weighted by Crippen LogP contribution is -2.55. The molecule has 9 nitrogen and oxygen atoms in total. The normalized spacial score (nSPS) is 15.9. The Hall–Kier alpha value is -5.57. The fourth-order valence-corrected chi connectivity index (χ4v) is 5.51. The number of benzene rings is 4. The quantitative estimate of drug-likeness (QED) is 0.171. The van der Waals surface area contributed by atoms with Gasteiger partial charge in [-0.1, -0.05) is 78.9 Å². The third-order valence-corrected chi connectivity index (χ3v) is 7.65. The van der Waals surface area contributed by atoms with E-state index in [1.807, 2.05) is 103 Å². The van der Waals surface area contributed by atoms with Crippen molar-refractivity contribution in [1.29, 1.82) is 0 Å². The van der Waals surface area contributed by atoms with Gasteiger partial charge in [-0.05, 0) is 35.4 Å². The van der Waals surface area contributed by atoms with Gasteiger partial charge in [0.05, 0.1) is 20.3 Å². The van der Waals surface area contributed by atoms with Gasteiger partial charge in [0.2, 0.25) is 23.3 Å². The summed E-state index contributed by atoms with van der Waals surface area (Å²) in [5, 5.41) is 22.2. The SMILES string of the molecule is COc1c(OC)c(O)n(C2C(=O)N(c3ccccc3)[C@@H]2c2ccc(OCc3ccccc3)cc2OCc2ccccc2)c1O. The van der Waals surface area contributed by atoms with Crippen LogP contribution in [0.1, 0.15) is 28.8 Å². The molecule has 2 atom stereocenters. The van der Waals surface area contributed by atoms with Gasteiger partial charge < -0.3 is 34.1 Å². The van der Waals surface area contributed by atoms with Crippen molar-refractivity contribution >= 4 is 11.6 Å². The minimum absolute atomic E-state index is 0.0695. The molecule has 0 aliphatic carbocycles. The minimum Gasteiger partial charge on any atom is -0.492 e. The lowest BCUT2D eigenvalue weighted by Gasteiger charge is -2.48. The predicted molar refractivity (Wildman–Crippen MR) is 165 cm³/mol. The molecule has 1 unspecified atom stereocenters. The van der Waals surface area contributed by atoms with E-state index < -0.39 is 23.8 Å². The van der Waals surface area contributed by atoms with Gasteiger partial charge >= 0.3 is 0 Å². The van der Waals surface area contributed by atoms with Gasteiger partial charge in [0.15, 0.2) is 0 Å². The Labute approximate surface area is 255 Å². The van der Waals surface area contributed by atoms with Crippen molar-refractivity contribution in [1.82, 2.24) is 4.57 Å². The number of anilines is 1. The molecule has 5 aromatic rings. The highest BCUT2D eigenvalue weighted by atomic mass is 16.5. The van der Waals surface area contributed by atoms with Gasteiger partial charge in [0.1, 0.15) is 30.8 Å². The maximum atomic E-state index is 13.9. The number of rotatable bonds is 11. The summed E-state index contributed by atoms with van der Waals surface area (Å²) in [7, 11) is 2.70. The molecule has 0 bridgehead atoms. The third kappa shape index (κ3) is 5.24. The van der Waals surface area contributed by atoms with Gasteiger partial charge in [-0.25, -0.2) is 0 Å². The molecule has 224 valence electrons. The van der Waals surface area contributed by atoms with Gasteiger partial charge in [0, 0.05) is 17.3 Å². The summed E-state index contributed by atoms with van der Waals surface area (Å²) in [5.74, 6) is -0.248. The van der Waals surface area contributed by atoms with Gasteiger partial charge in [-0.3, -0.25) is 9.36 Å². The molecule has 9 heteroatoms. The lowest BCUT2D eigenvalue weighted by atomic mass is 9.86. The number of ether oxygens (including phenoxy) is 4. The molecule has 44 heavy (non-hydrogen) atoms. The van der Waals surface area contributed by atoms with Crippen molar-refractivity contribution in [3.63, 3.8) is 0 Å². The van der Waals surface area contributed by atoms with E-state index in [0.29, 0.717) is 29.4 Å². The van der Waals surface area contributed by atoms with Crippen LogP contribution in [-0.2, 0) is 18.0 Å². The zero-order valence-electron chi connectivity index (χ0n) is 24.3. The van der Waals surface area contributed by atoms with Gasteiger partial charge in [0.25, 0.3) is 5.91 Å². The predicted octanol–water partition coefficient (Wildman–Crippen LogP) is 6.40. The Morgan fingerprint density at radius 2 is 1.18 bits per heavy atom. The summed E-state index contributed by atoms with van der Waals surface area (Å²) in [6.07, 6.45) is 0. The van der Waals surface area contributed by atoms with E-state index in [2.05, 4.69) is 0 Å². The number of aromatic hydroxyl groups is 2. The number of methoxy groups -OCH3 is 2. The Morgan fingerprint density at radius 1 is 0.659 bits per heavy atom. The number of hydrogen-bond donors (Lipinski definition) is 2. The molecule has 1 fully saturated rings. The van der Waals surface area contributed by atoms with E-state index in [9.17, 15) is 15.0 Å². The van der Waals surface area contributed by atoms with Crippen molar-refractivity contribution < 1.29 is 34.0 Å². The smallest absolute Gasteiger partial charge is 0.253 e. The zero-order valence-corrected chi connectivity index (χ0v) is 24.3. The Morgan fingerprint density at radius 3 is 1.73 bits per heavy atom. The summed E-state index contributed by atoms with van der Waals surface area (Å²) in [5.41, 5.74) is 3.30. The van der Waals surface area contributed by atoms with Crippen molar-refractivity contribution in [2.45, 2.75) is 25.3 Å². The topological polar surface area (TPSA) is 103 Å². The molecular formula is C35H32N2O7. The summed E-state index contributed by atoms with van der Waals surface area (Å²) in [6.45, 7) is 0.637. The lowest BCUT2D eigenvalue weighted by molar-refractivity contribution is -0.129. The number of β-lactam (4-membered cyclic amide) rings is 1. The number of carbonyl (C=O) groups excluding carboxylic acids is 1. The molecule has 4 aromatic carbocycles. The first kappa shape index (κ1) is 28.5. The molecule has 1 aromatic heterocycles. The average molecular weight is 593 g/mol. The monoisotopic (exact) mass is 592 g/mol. The molecule has 1 aliphatic heterocycles. The fraction of sp³-hybridized carbons (Fsp3) is 0.171. The third-order valence-electron chi connectivity index (χ3n) is 7.65. The highest BCUT2D eigenvalue weighted by Crippen LogP contribution is 2.56. The Kier molecular flexibility index (Phi) is 8.01. The van der Waals surface area contributed by atoms with Crippen LogP contribution in [0.2, 0.25) is 0 Å². The molecule has 1 amide bonds. The van der Waals surface area contributed by atoms with E-state index in [0.717, 1.165) is 15.7 Å². The van der Waals surface area contributed by atoms with E-state index in [1.165, 1.54) is 14.2 Å². The number of carbonyl (C=O) groups is 1. The second-order valence-electron chi connectivity index (χ2n) is 10.3. The molecule has 0 spiro atoms. The zero-order chi connectivity index (χ0) is 30.6. The molecule has 0 saturated carbocycles. The average Bonchev–Trinajstić information content (AvgIpc) is 3.30. The second kappa shape index (κ2) is 12.3. The van der Waals surface area contributed by atoms with E-state index in [4.69, 9.17) is 18.9 Å². The van der Waals surface area contributed by atoms with Crippen LogP contribution < -0.4 is 23.8 Å². The minimum atomic E-state index is -1.04. The maximum absolute atomic E-state index is 13.9. The molecule has 1 saturated heterocycles. The van der Waals surface area contributed by atoms with E-state index >= 15 is 0 Å². The first-order valence-electron chi connectivity index (χ1n) is 14.1. The van der Waals surface area contributed by atoms with Crippen LogP contribution in [0, 0.1) is 0 Å². The summed E-state index contributed by atoms with van der Waals surface area (Å²) in [6, 6.07) is 32.6. The maximum Gasteiger partial charge on any atom is 0.253 e. The number of aromatic nitrogens is 1. The van der Waals surface area contributed by atoms with E-state index in [1.54, 1.807) is 11.0 Å². The van der Waals surface area contributed by atoms with Crippen LogP contribution in [0.5, 0.6) is 34.8 Å². The van der Waals surface area contributed by atoms with Gasteiger partial charge in [-0.2, -0.15) is 0 Å². The highest BCUT2D eigenvalue weighted by molar-refractivity contribution is 6.05. The van der Waals surface area contributed by atoms with Crippen LogP contribution in [-0.4, -0.2) is 34.9 Å². The number of amides is 1. The molecule has 2 N–H and O–H groups in total. The highest BCUT2D eigenvalue weighted by Gasteiger charge is 2.53. The molecule has 0 radical (unpaired) electrons. The number of hydrogen-bond acceptors (Lipinski definition) is 7. The van der Waals surface area contributed by atoms with Crippen molar-refractivity contribution in [2.24, 2.45) is 0 Å². The van der Waals surface area contributed by atoms with E-state index in [-0.39, 0.29) is 24.0 Å². The van der Waals surface area contributed by atoms with Gasteiger partial charge in [-0.15, -0.1) is 0 Å². The van der Waals surface area contributed by atoms with Crippen molar-refractivity contribution in [2.75, 3.05) is 19.1 Å². The number of nitrogens with zero attached hydrogens (tertiary/aromatic N) is 2. The van der Waals surface area contributed by atoms with Crippen molar-refractivity contribution in [3.8, 4) is 34.8 Å². The second-order valence-corrected chi connectivity index (χ2v) is 10.3. The van der Waals surface area contributed by atoms with Crippen LogP contribution in [0.15, 0.2) is 109 Å². The first-order chi connectivity index (χ1) is 21.5. The largest absolute Gasteiger partial charge is 0.492 e. The Bertz CT molecular complexity index is 1710. The van der Waals surface area contributed by atoms with Crippen molar-refractivity contribution in [3.05, 3.63) is 126 Å². The van der Waals surface area contributed by atoms with Crippen LogP contribution in [0.4, 0.5) is 5.69 Å². The van der Waals surface area contributed by atoms with Crippen LogP contribution in [0.3, 0.4) is 0 Å². The number of para-hydroxylation sites is 1. The van der Waals surface area contributed by atoms with Crippen LogP contribution >= 0.6 is 0 Å². The molecular weight excluding hydrogens is 560 g/mol. The fourth-order valence-electron chi connectivity index (χ4n) is 5.51. The summed E-state index contributed by atoms with van der Waals surface area (Å²) in [4.78, 5) is 15.5. The molecule has 6 rings (SSSR count). The summed E-state index contributed by atoms with van der Waals surface area (Å²) >= 11 is 0. The van der Waals surface area contributed by atoms with Crippen LogP contribution in [0.25, 0.3) is 0 Å². The molecule has 2 heterocycles. The molecule has 1 aliphatic rings. The Balaban J connectivity index is 1.44. The standard InChI is InChI=1S/C35H32N2O7/c1-41-31-32(42-2)35(40)37(34(31)39)30-29(36(33(30)38)25-16-10-5-11-17-25)27-19-18-26(43-21-23-12-6-3-7-13-23)20-28(27)44-22-24-14-8-4-9-15-24/h3-20,29-30,39-40H,21-22H2,1-2H3/t29-,30?/m1/s1.